The van der Waals surface area contributed by atoms with E-state index in [0.29, 0.717) is 11.4 Å². The Hall–Kier alpha value is -1.76. The van der Waals surface area contributed by atoms with E-state index in [9.17, 15) is 4.79 Å². The van der Waals surface area contributed by atoms with Gasteiger partial charge in [0.25, 0.3) is 0 Å². The average Bonchev–Trinajstić information content (AvgIpc) is 3.18. The number of thiazole rings is 1. The van der Waals surface area contributed by atoms with Crippen molar-refractivity contribution in [3.63, 3.8) is 0 Å². The van der Waals surface area contributed by atoms with Gasteiger partial charge in [0.15, 0.2) is 5.13 Å². The molecule has 1 aliphatic heterocycles. The van der Waals surface area contributed by atoms with Crippen molar-refractivity contribution in [2.75, 3.05) is 36.8 Å². The second-order valence-corrected chi connectivity index (χ2v) is 9.80. The van der Waals surface area contributed by atoms with Gasteiger partial charge in [-0.1, -0.05) is 46.7 Å². The number of rotatable bonds is 6. The molecular weight excluding hydrogens is 422 g/mol. The Morgan fingerprint density at radius 3 is 2.62 bits per heavy atom. The molecule has 2 heterocycles. The maximum absolute atomic E-state index is 12.6. The normalized spacial score (nSPS) is 14.6. The van der Waals surface area contributed by atoms with E-state index in [1.54, 1.807) is 11.3 Å². The van der Waals surface area contributed by atoms with E-state index in [4.69, 9.17) is 16.6 Å². The lowest BCUT2D eigenvalue weighted by Gasteiger charge is -2.34. The molecule has 152 valence electrons. The van der Waals surface area contributed by atoms with E-state index >= 15 is 0 Å². The molecule has 0 N–H and O–H groups in total. The molecule has 0 spiro atoms. The largest absolute Gasteiger partial charge is 0.345 e. The second-order valence-electron chi connectivity index (χ2n) is 7.22. The Bertz CT molecular complexity index is 981. The fourth-order valence-corrected chi connectivity index (χ4v) is 5.56. The lowest BCUT2D eigenvalue weighted by molar-refractivity contribution is -0.131. The summed E-state index contributed by atoms with van der Waals surface area (Å²) in [4.78, 5) is 22.8. The summed E-state index contributed by atoms with van der Waals surface area (Å²) in [6.07, 6.45) is 1.53. The van der Waals surface area contributed by atoms with Crippen molar-refractivity contribution < 1.29 is 4.79 Å². The first-order valence-electron chi connectivity index (χ1n) is 9.87. The minimum atomic E-state index is 0.265. The van der Waals surface area contributed by atoms with Gasteiger partial charge in [-0.3, -0.25) is 4.79 Å². The predicted octanol–water partition coefficient (Wildman–Crippen LogP) is 5.48. The Balaban J connectivity index is 1.23. The van der Waals surface area contributed by atoms with Gasteiger partial charge in [-0.15, -0.1) is 11.8 Å². The summed E-state index contributed by atoms with van der Waals surface area (Å²) in [5.41, 5.74) is 2.15. The Kier molecular flexibility index (Phi) is 6.63. The number of carbonyl (C=O) groups is 1. The molecule has 1 saturated heterocycles. The van der Waals surface area contributed by atoms with Crippen LogP contribution in [0.25, 0.3) is 10.2 Å². The molecule has 1 fully saturated rings. The first-order valence-corrected chi connectivity index (χ1v) is 12.1. The summed E-state index contributed by atoms with van der Waals surface area (Å²) < 4.78 is 1.11. The van der Waals surface area contributed by atoms with Gasteiger partial charge < -0.3 is 9.80 Å². The molecule has 1 aromatic heterocycles. The van der Waals surface area contributed by atoms with Crippen LogP contribution in [0.1, 0.15) is 18.4 Å². The van der Waals surface area contributed by atoms with Crippen molar-refractivity contribution >= 4 is 56.0 Å². The zero-order chi connectivity index (χ0) is 20.2. The number of aryl methyl sites for hydroxylation is 1. The number of amides is 1. The number of fused-ring (bicyclic) bond motifs is 1. The number of anilines is 1. The first-order chi connectivity index (χ1) is 14.1. The van der Waals surface area contributed by atoms with Crippen LogP contribution in [0.15, 0.2) is 47.4 Å². The highest BCUT2D eigenvalue weighted by molar-refractivity contribution is 7.99. The fourth-order valence-electron chi connectivity index (χ4n) is 3.39. The quantitative estimate of drug-likeness (QED) is 0.372. The van der Waals surface area contributed by atoms with Crippen molar-refractivity contribution in [2.24, 2.45) is 0 Å². The van der Waals surface area contributed by atoms with Gasteiger partial charge in [0.2, 0.25) is 5.91 Å². The molecule has 4 nitrogen and oxygen atoms in total. The number of thioether (sulfide) groups is 1. The third kappa shape index (κ3) is 5.05. The van der Waals surface area contributed by atoms with E-state index in [0.717, 1.165) is 53.7 Å². The van der Waals surface area contributed by atoms with Gasteiger partial charge in [-0.05, 0) is 43.4 Å². The fraction of sp³-hybridized carbons (Fsp3) is 0.364. The maximum atomic E-state index is 12.6. The third-order valence-corrected chi connectivity index (χ3v) is 7.57. The highest BCUT2D eigenvalue weighted by atomic mass is 35.5. The lowest BCUT2D eigenvalue weighted by atomic mass is 10.2. The predicted molar refractivity (Wildman–Crippen MR) is 125 cm³/mol. The van der Waals surface area contributed by atoms with Crippen molar-refractivity contribution in [1.82, 2.24) is 9.88 Å². The molecular formula is C22H24ClN3OS2. The van der Waals surface area contributed by atoms with Gasteiger partial charge >= 0.3 is 0 Å². The summed E-state index contributed by atoms with van der Waals surface area (Å²) in [7, 11) is 0. The Labute approximate surface area is 184 Å². The maximum Gasteiger partial charge on any atom is 0.222 e. The molecule has 0 atom stereocenters. The van der Waals surface area contributed by atoms with Crippen LogP contribution in [0.4, 0.5) is 5.13 Å². The SMILES string of the molecule is Cc1ccc(SCCCC(=O)N2CCN(c3nc4c(Cl)cccc4s3)CC2)cc1. The van der Waals surface area contributed by atoms with Crippen molar-refractivity contribution in [3.05, 3.63) is 53.1 Å². The third-order valence-electron chi connectivity index (χ3n) is 5.09. The minimum absolute atomic E-state index is 0.265. The average molecular weight is 446 g/mol. The molecule has 4 rings (SSSR count). The first kappa shape index (κ1) is 20.5. The number of hydrogen-bond acceptors (Lipinski definition) is 5. The number of aromatic nitrogens is 1. The number of benzene rings is 2. The van der Waals surface area contributed by atoms with Gasteiger partial charge in [0.1, 0.15) is 5.52 Å². The molecule has 0 bridgehead atoms. The number of nitrogens with zero attached hydrogens (tertiary/aromatic N) is 3. The molecule has 1 aliphatic rings. The van der Waals surface area contributed by atoms with E-state index < -0.39 is 0 Å². The summed E-state index contributed by atoms with van der Waals surface area (Å²) in [6.45, 7) is 5.25. The van der Waals surface area contributed by atoms with Crippen molar-refractivity contribution in [2.45, 2.75) is 24.7 Å². The van der Waals surface area contributed by atoms with Crippen LogP contribution in [0.5, 0.6) is 0 Å². The van der Waals surface area contributed by atoms with E-state index in [1.807, 2.05) is 28.8 Å². The molecule has 0 radical (unpaired) electrons. The van der Waals surface area contributed by atoms with Crippen LogP contribution in [0.3, 0.4) is 0 Å². The van der Waals surface area contributed by atoms with Crippen LogP contribution in [0, 0.1) is 6.92 Å². The minimum Gasteiger partial charge on any atom is -0.345 e. The Morgan fingerprint density at radius 1 is 1.14 bits per heavy atom. The zero-order valence-corrected chi connectivity index (χ0v) is 18.8. The van der Waals surface area contributed by atoms with Gasteiger partial charge in [0.05, 0.1) is 9.72 Å². The Morgan fingerprint density at radius 2 is 1.90 bits per heavy atom. The number of hydrogen-bond donors (Lipinski definition) is 0. The monoisotopic (exact) mass is 445 g/mol. The standard InChI is InChI=1S/C22H24ClN3OS2/c1-16-7-9-17(10-8-16)28-15-3-6-20(27)25-11-13-26(14-12-25)22-24-21-18(23)4-2-5-19(21)29-22/h2,4-5,7-10H,3,6,11-15H2,1H3. The molecule has 7 heteroatoms. The van der Waals surface area contributed by atoms with Gasteiger partial charge in [0, 0.05) is 37.5 Å². The zero-order valence-electron chi connectivity index (χ0n) is 16.4. The molecule has 1 amide bonds. The number of halogens is 1. The summed E-state index contributed by atoms with van der Waals surface area (Å²) in [6, 6.07) is 14.4. The molecule has 0 aliphatic carbocycles. The second kappa shape index (κ2) is 9.37. The number of para-hydroxylation sites is 1. The van der Waals surface area contributed by atoms with Gasteiger partial charge in [-0.2, -0.15) is 0 Å². The van der Waals surface area contributed by atoms with E-state index in [2.05, 4.69) is 42.2 Å². The lowest BCUT2D eigenvalue weighted by Crippen LogP contribution is -2.48. The van der Waals surface area contributed by atoms with Crippen LogP contribution in [0.2, 0.25) is 5.02 Å². The molecule has 0 saturated carbocycles. The molecule has 29 heavy (non-hydrogen) atoms. The summed E-state index contributed by atoms with van der Waals surface area (Å²) >= 11 is 9.74. The van der Waals surface area contributed by atoms with Crippen LogP contribution in [-0.4, -0.2) is 47.7 Å². The highest BCUT2D eigenvalue weighted by Crippen LogP contribution is 2.33. The summed E-state index contributed by atoms with van der Waals surface area (Å²) in [5.74, 6) is 1.24. The molecule has 0 unspecified atom stereocenters. The highest BCUT2D eigenvalue weighted by Gasteiger charge is 2.23. The van der Waals surface area contributed by atoms with E-state index in [-0.39, 0.29) is 5.91 Å². The molecule has 3 aromatic rings. The van der Waals surface area contributed by atoms with Crippen LogP contribution in [-0.2, 0) is 4.79 Å². The van der Waals surface area contributed by atoms with Crippen LogP contribution < -0.4 is 4.90 Å². The topological polar surface area (TPSA) is 36.4 Å². The number of piperazine rings is 1. The van der Waals surface area contributed by atoms with Crippen LogP contribution >= 0.6 is 34.7 Å². The summed E-state index contributed by atoms with van der Waals surface area (Å²) in [5, 5.41) is 1.69. The smallest absolute Gasteiger partial charge is 0.222 e. The van der Waals surface area contributed by atoms with Crippen molar-refractivity contribution in [3.8, 4) is 0 Å². The number of carbonyl (C=O) groups excluding carboxylic acids is 1. The molecule has 2 aromatic carbocycles. The van der Waals surface area contributed by atoms with Gasteiger partial charge in [-0.25, -0.2) is 4.98 Å². The van der Waals surface area contributed by atoms with E-state index in [1.165, 1.54) is 10.5 Å². The van der Waals surface area contributed by atoms with Crippen molar-refractivity contribution in [1.29, 1.82) is 0 Å².